The lowest BCUT2D eigenvalue weighted by molar-refractivity contribution is 0.0697. The highest BCUT2D eigenvalue weighted by atomic mass is 79.9. The minimum absolute atomic E-state index is 0.0371. The van der Waals surface area contributed by atoms with Crippen LogP contribution in [0.2, 0.25) is 5.02 Å². The van der Waals surface area contributed by atoms with Crippen molar-refractivity contribution in [3.8, 4) is 0 Å². The summed E-state index contributed by atoms with van der Waals surface area (Å²) in [7, 11) is 1.52. The summed E-state index contributed by atoms with van der Waals surface area (Å²) >= 11 is 9.22. The molecular weight excluding hydrogens is 398 g/mol. The smallest absolute Gasteiger partial charge is 0.337 e. The van der Waals surface area contributed by atoms with Gasteiger partial charge in [0.05, 0.1) is 27.4 Å². The van der Waals surface area contributed by atoms with Crippen molar-refractivity contribution in [1.82, 2.24) is 9.61 Å². The van der Waals surface area contributed by atoms with Gasteiger partial charge in [0.25, 0.3) is 5.91 Å². The Hall–Kier alpha value is -2.38. The summed E-state index contributed by atoms with van der Waals surface area (Å²) in [5, 5.41) is 13.7. The van der Waals surface area contributed by atoms with Gasteiger partial charge in [0.2, 0.25) is 0 Å². The molecule has 0 spiro atoms. The molecule has 1 amide bonds. The van der Waals surface area contributed by atoms with Crippen LogP contribution in [-0.2, 0) is 0 Å². The van der Waals surface area contributed by atoms with Crippen LogP contribution < -0.4 is 4.90 Å². The summed E-state index contributed by atoms with van der Waals surface area (Å²) < 4.78 is 2.39. The van der Waals surface area contributed by atoms with Crippen molar-refractivity contribution in [2.75, 3.05) is 11.9 Å². The van der Waals surface area contributed by atoms with E-state index in [0.717, 1.165) is 9.99 Å². The van der Waals surface area contributed by atoms with Crippen LogP contribution in [0.25, 0.3) is 5.52 Å². The van der Waals surface area contributed by atoms with E-state index in [-0.39, 0.29) is 17.2 Å². The van der Waals surface area contributed by atoms with Gasteiger partial charge in [0, 0.05) is 23.8 Å². The van der Waals surface area contributed by atoms with Gasteiger partial charge in [-0.05, 0) is 46.3 Å². The lowest BCUT2D eigenvalue weighted by Crippen LogP contribution is -2.28. The predicted molar refractivity (Wildman–Crippen MR) is 94.0 cm³/mol. The zero-order valence-electron chi connectivity index (χ0n) is 12.4. The number of carboxylic acid groups (broad SMARTS) is 1. The average Bonchev–Trinajstić information content (AvgIpc) is 2.94. The normalized spacial score (nSPS) is 10.8. The standard InChI is InChI=1S/C16H11BrClN3O3/c1-20(13-3-2-10(18)7-11(13)16(23)24)15(22)9-4-5-21-14(6-9)12(17)8-19-21/h2-8H,1H3,(H,23,24). The van der Waals surface area contributed by atoms with Crippen molar-refractivity contribution in [2.45, 2.75) is 0 Å². The SMILES string of the molecule is CN(C(=O)c1ccn2ncc(Br)c2c1)c1ccc(Cl)cc1C(=O)O. The Bertz CT molecular complexity index is 970. The first-order valence-corrected chi connectivity index (χ1v) is 7.99. The number of aromatic carboxylic acids is 1. The van der Waals surface area contributed by atoms with Crippen LogP contribution in [0.15, 0.2) is 47.2 Å². The van der Waals surface area contributed by atoms with Crippen LogP contribution in [0.5, 0.6) is 0 Å². The van der Waals surface area contributed by atoms with Gasteiger partial charge in [-0.1, -0.05) is 11.6 Å². The fourth-order valence-corrected chi connectivity index (χ4v) is 2.92. The molecular formula is C16H11BrClN3O3. The first-order valence-electron chi connectivity index (χ1n) is 6.82. The maximum absolute atomic E-state index is 12.7. The van der Waals surface area contributed by atoms with Crippen molar-refractivity contribution in [1.29, 1.82) is 0 Å². The van der Waals surface area contributed by atoms with Gasteiger partial charge in [-0.25, -0.2) is 9.31 Å². The number of carbonyl (C=O) groups excluding carboxylic acids is 1. The number of fused-ring (bicyclic) bond motifs is 1. The molecule has 122 valence electrons. The van der Waals surface area contributed by atoms with Crippen LogP contribution in [0.3, 0.4) is 0 Å². The molecule has 0 aliphatic rings. The number of rotatable bonds is 3. The summed E-state index contributed by atoms with van der Waals surface area (Å²) in [6, 6.07) is 7.69. The molecule has 0 atom stereocenters. The number of nitrogens with zero attached hydrogens (tertiary/aromatic N) is 3. The second kappa shape index (κ2) is 6.26. The van der Waals surface area contributed by atoms with Gasteiger partial charge in [-0.2, -0.15) is 5.10 Å². The van der Waals surface area contributed by atoms with E-state index >= 15 is 0 Å². The predicted octanol–water partition coefficient (Wildman–Crippen LogP) is 3.73. The Balaban J connectivity index is 2.02. The molecule has 24 heavy (non-hydrogen) atoms. The molecule has 0 saturated carbocycles. The molecule has 0 unspecified atom stereocenters. The second-order valence-electron chi connectivity index (χ2n) is 5.07. The number of aromatic nitrogens is 2. The first kappa shape index (κ1) is 16.5. The zero-order chi connectivity index (χ0) is 17.4. The van der Waals surface area contributed by atoms with E-state index in [9.17, 15) is 14.7 Å². The van der Waals surface area contributed by atoms with E-state index in [2.05, 4.69) is 21.0 Å². The fraction of sp³-hybridized carbons (Fsp3) is 0.0625. The summed E-state index contributed by atoms with van der Waals surface area (Å²) in [5.74, 6) is -1.49. The largest absolute Gasteiger partial charge is 0.478 e. The molecule has 0 bridgehead atoms. The summed E-state index contributed by atoms with van der Waals surface area (Å²) in [6.45, 7) is 0. The Labute approximate surface area is 150 Å². The highest BCUT2D eigenvalue weighted by molar-refractivity contribution is 9.10. The summed E-state index contributed by atoms with van der Waals surface area (Å²) in [6.07, 6.45) is 3.30. The highest BCUT2D eigenvalue weighted by Gasteiger charge is 2.20. The van der Waals surface area contributed by atoms with Gasteiger partial charge >= 0.3 is 5.97 Å². The van der Waals surface area contributed by atoms with Gasteiger partial charge in [0.15, 0.2) is 0 Å². The zero-order valence-corrected chi connectivity index (χ0v) is 14.7. The minimum atomic E-state index is -1.15. The van der Waals surface area contributed by atoms with Gasteiger partial charge in [-0.15, -0.1) is 0 Å². The fourth-order valence-electron chi connectivity index (χ4n) is 2.36. The van der Waals surface area contributed by atoms with E-state index in [1.807, 2.05) is 0 Å². The Morgan fingerprint density at radius 3 is 2.75 bits per heavy atom. The topological polar surface area (TPSA) is 74.9 Å². The third-order valence-electron chi connectivity index (χ3n) is 3.58. The van der Waals surface area contributed by atoms with Crippen LogP contribution in [0, 0.1) is 0 Å². The number of anilines is 1. The maximum atomic E-state index is 12.7. The van der Waals surface area contributed by atoms with Gasteiger partial charge in [0.1, 0.15) is 0 Å². The van der Waals surface area contributed by atoms with Crippen molar-refractivity contribution < 1.29 is 14.7 Å². The molecule has 2 aromatic heterocycles. The molecule has 3 aromatic rings. The lowest BCUT2D eigenvalue weighted by atomic mass is 10.1. The summed E-state index contributed by atoms with van der Waals surface area (Å²) in [4.78, 5) is 25.4. The molecule has 0 radical (unpaired) electrons. The molecule has 3 rings (SSSR count). The molecule has 8 heteroatoms. The number of halogens is 2. The van der Waals surface area contributed by atoms with Gasteiger partial charge < -0.3 is 10.0 Å². The number of carboxylic acids is 1. The third-order valence-corrected chi connectivity index (χ3v) is 4.42. The van der Waals surface area contributed by atoms with Crippen molar-refractivity contribution >= 4 is 50.6 Å². The van der Waals surface area contributed by atoms with E-state index in [1.54, 1.807) is 35.1 Å². The van der Waals surface area contributed by atoms with Crippen LogP contribution >= 0.6 is 27.5 Å². The molecule has 0 fully saturated rings. The molecule has 1 aromatic carbocycles. The number of pyridine rings is 1. The molecule has 2 heterocycles. The van der Waals surface area contributed by atoms with E-state index in [0.29, 0.717) is 10.6 Å². The molecule has 0 aliphatic heterocycles. The molecule has 1 N–H and O–H groups in total. The number of amides is 1. The van der Waals surface area contributed by atoms with Crippen molar-refractivity contribution in [3.63, 3.8) is 0 Å². The van der Waals surface area contributed by atoms with Gasteiger partial charge in [-0.3, -0.25) is 4.79 Å². The highest BCUT2D eigenvalue weighted by Crippen LogP contribution is 2.26. The number of hydrogen-bond donors (Lipinski definition) is 1. The number of benzene rings is 1. The average molecular weight is 409 g/mol. The Kier molecular flexibility index (Phi) is 4.29. The molecule has 0 aliphatic carbocycles. The number of hydrogen-bond acceptors (Lipinski definition) is 3. The van der Waals surface area contributed by atoms with Crippen LogP contribution in [0.1, 0.15) is 20.7 Å². The molecule has 6 nitrogen and oxygen atoms in total. The van der Waals surface area contributed by atoms with Crippen LogP contribution in [0.4, 0.5) is 5.69 Å². The monoisotopic (exact) mass is 407 g/mol. The van der Waals surface area contributed by atoms with E-state index in [4.69, 9.17) is 11.6 Å². The van der Waals surface area contributed by atoms with E-state index in [1.165, 1.54) is 24.1 Å². The number of carbonyl (C=O) groups is 2. The van der Waals surface area contributed by atoms with Crippen LogP contribution in [-0.4, -0.2) is 33.6 Å². The van der Waals surface area contributed by atoms with Crippen molar-refractivity contribution in [3.05, 3.63) is 63.3 Å². The quantitative estimate of drug-likeness (QED) is 0.716. The minimum Gasteiger partial charge on any atom is -0.478 e. The Morgan fingerprint density at radius 2 is 2.04 bits per heavy atom. The first-order chi connectivity index (χ1) is 11.4. The maximum Gasteiger partial charge on any atom is 0.337 e. The lowest BCUT2D eigenvalue weighted by Gasteiger charge is -2.19. The van der Waals surface area contributed by atoms with E-state index < -0.39 is 5.97 Å². The Morgan fingerprint density at radius 1 is 1.29 bits per heavy atom. The van der Waals surface area contributed by atoms with Crippen molar-refractivity contribution in [2.24, 2.45) is 0 Å². The second-order valence-corrected chi connectivity index (χ2v) is 6.36. The molecule has 0 saturated heterocycles. The third kappa shape index (κ3) is 2.88. The summed E-state index contributed by atoms with van der Waals surface area (Å²) in [5.41, 5.74) is 1.38.